The van der Waals surface area contributed by atoms with Gasteiger partial charge in [-0.3, -0.25) is 4.79 Å². The molecule has 1 amide bonds. The van der Waals surface area contributed by atoms with E-state index in [9.17, 15) is 4.79 Å². The highest BCUT2D eigenvalue weighted by Crippen LogP contribution is 2.35. The third-order valence-corrected chi connectivity index (χ3v) is 4.64. The third-order valence-electron chi connectivity index (χ3n) is 4.64. The molecular formula is C16H22N2O. The van der Waals surface area contributed by atoms with Crippen molar-refractivity contribution >= 4 is 5.91 Å². The third kappa shape index (κ3) is 2.52. The molecule has 19 heavy (non-hydrogen) atoms. The van der Waals surface area contributed by atoms with Crippen LogP contribution < -0.4 is 5.32 Å². The lowest BCUT2D eigenvalue weighted by molar-refractivity contribution is -0.134. The molecule has 1 N–H and O–H groups in total. The van der Waals surface area contributed by atoms with Crippen molar-refractivity contribution in [1.82, 2.24) is 10.2 Å². The maximum absolute atomic E-state index is 12.5. The molecule has 1 aliphatic carbocycles. The summed E-state index contributed by atoms with van der Waals surface area (Å²) in [5.41, 5.74) is 2.64. The fraction of sp³-hybridized carbons (Fsp3) is 0.562. The van der Waals surface area contributed by atoms with Crippen molar-refractivity contribution in [1.29, 1.82) is 0 Å². The topological polar surface area (TPSA) is 32.3 Å². The Kier molecular flexibility index (Phi) is 3.31. The molecule has 2 atom stereocenters. The second-order valence-corrected chi connectivity index (χ2v) is 5.93. The summed E-state index contributed by atoms with van der Waals surface area (Å²) >= 11 is 0. The molecular weight excluding hydrogens is 236 g/mol. The average molecular weight is 258 g/mol. The molecule has 2 aliphatic rings. The first-order chi connectivity index (χ1) is 9.16. The Bertz CT molecular complexity index is 481. The zero-order chi connectivity index (χ0) is 13.4. The number of benzene rings is 1. The van der Waals surface area contributed by atoms with Crippen molar-refractivity contribution in [3.63, 3.8) is 0 Å². The molecule has 0 aromatic heterocycles. The van der Waals surface area contributed by atoms with Gasteiger partial charge in [-0.15, -0.1) is 0 Å². The first-order valence-corrected chi connectivity index (χ1v) is 7.23. The number of nitrogens with one attached hydrogen (secondary N) is 1. The lowest BCUT2D eigenvalue weighted by Gasteiger charge is -2.32. The Morgan fingerprint density at radius 1 is 1.32 bits per heavy atom. The van der Waals surface area contributed by atoms with Gasteiger partial charge in [0.15, 0.2) is 0 Å². The van der Waals surface area contributed by atoms with E-state index in [1.54, 1.807) is 0 Å². The first-order valence-electron chi connectivity index (χ1n) is 7.23. The van der Waals surface area contributed by atoms with Crippen LogP contribution in [-0.4, -0.2) is 29.9 Å². The van der Waals surface area contributed by atoms with Gasteiger partial charge in [0.25, 0.3) is 0 Å². The lowest BCUT2D eigenvalue weighted by Crippen LogP contribution is -2.51. The second kappa shape index (κ2) is 4.97. The number of hydrogen-bond acceptors (Lipinski definition) is 2. The average Bonchev–Trinajstić information content (AvgIpc) is 3.29. The monoisotopic (exact) mass is 258 g/mol. The summed E-state index contributed by atoms with van der Waals surface area (Å²) in [4.78, 5) is 14.5. The number of rotatable bonds is 3. The molecule has 3 rings (SSSR count). The van der Waals surface area contributed by atoms with Gasteiger partial charge in [-0.25, -0.2) is 0 Å². The van der Waals surface area contributed by atoms with E-state index >= 15 is 0 Å². The van der Waals surface area contributed by atoms with Crippen molar-refractivity contribution in [2.45, 2.75) is 44.8 Å². The van der Waals surface area contributed by atoms with Gasteiger partial charge >= 0.3 is 0 Å². The van der Waals surface area contributed by atoms with Crippen molar-refractivity contribution in [2.24, 2.45) is 5.92 Å². The molecule has 0 bridgehead atoms. The van der Waals surface area contributed by atoms with Crippen LogP contribution in [0.2, 0.25) is 0 Å². The molecule has 1 fully saturated rings. The number of nitrogens with zero attached hydrogens (tertiary/aromatic N) is 1. The Balaban J connectivity index is 1.68. The molecule has 1 aliphatic heterocycles. The molecule has 1 heterocycles. The summed E-state index contributed by atoms with van der Waals surface area (Å²) in [6.45, 7) is 2.98. The normalized spacial score (nSPS) is 23.6. The molecule has 1 aromatic rings. The van der Waals surface area contributed by atoms with Crippen molar-refractivity contribution in [3.05, 3.63) is 35.4 Å². The number of carbonyl (C=O) groups excluding carboxylic acids is 1. The number of amides is 1. The summed E-state index contributed by atoms with van der Waals surface area (Å²) in [5.74, 6) is 0.971. The zero-order valence-electron chi connectivity index (χ0n) is 11.7. The SMILES string of the molecule is CC(C1CC1)N(C)C(=O)[C@H]1Cc2ccccc2CN1. The van der Waals surface area contributed by atoms with Crippen LogP contribution >= 0.6 is 0 Å². The number of carbonyl (C=O) groups is 1. The van der Waals surface area contributed by atoms with Crippen LogP contribution in [0.3, 0.4) is 0 Å². The summed E-state index contributed by atoms with van der Waals surface area (Å²) in [5, 5.41) is 3.38. The summed E-state index contributed by atoms with van der Waals surface area (Å²) in [6.07, 6.45) is 3.37. The van der Waals surface area contributed by atoms with Crippen LogP contribution in [0.25, 0.3) is 0 Å². The van der Waals surface area contributed by atoms with Gasteiger partial charge in [-0.05, 0) is 43.2 Å². The highest BCUT2D eigenvalue weighted by atomic mass is 16.2. The van der Waals surface area contributed by atoms with E-state index in [1.807, 2.05) is 11.9 Å². The van der Waals surface area contributed by atoms with E-state index in [1.165, 1.54) is 24.0 Å². The summed E-state index contributed by atoms with van der Waals surface area (Å²) < 4.78 is 0. The predicted octanol–water partition coefficient (Wildman–Crippen LogP) is 1.96. The minimum absolute atomic E-state index is 0.0545. The van der Waals surface area contributed by atoms with E-state index in [-0.39, 0.29) is 11.9 Å². The van der Waals surface area contributed by atoms with Gasteiger partial charge in [-0.1, -0.05) is 24.3 Å². The first kappa shape index (κ1) is 12.7. The molecule has 3 heteroatoms. The van der Waals surface area contributed by atoms with E-state index in [2.05, 4.69) is 36.5 Å². The molecule has 102 valence electrons. The number of likely N-dealkylation sites (N-methyl/N-ethyl adjacent to an activating group) is 1. The van der Waals surface area contributed by atoms with Gasteiger partial charge in [0.2, 0.25) is 5.91 Å². The highest BCUT2D eigenvalue weighted by molar-refractivity contribution is 5.82. The van der Waals surface area contributed by atoms with Crippen molar-refractivity contribution < 1.29 is 4.79 Å². The standard InChI is InChI=1S/C16H22N2O/c1-11(12-7-8-12)18(2)16(19)15-9-13-5-3-4-6-14(13)10-17-15/h3-6,11-12,15,17H,7-10H2,1-2H3/t11?,15-/m1/s1. The fourth-order valence-corrected chi connectivity index (χ4v) is 2.97. The van der Waals surface area contributed by atoms with Crippen LogP contribution in [0.4, 0.5) is 0 Å². The Morgan fingerprint density at radius 2 is 2.00 bits per heavy atom. The van der Waals surface area contributed by atoms with Crippen molar-refractivity contribution in [2.75, 3.05) is 7.05 Å². The predicted molar refractivity (Wildman–Crippen MR) is 75.7 cm³/mol. The van der Waals surface area contributed by atoms with E-state index in [0.29, 0.717) is 6.04 Å². The Labute approximate surface area is 115 Å². The maximum atomic E-state index is 12.5. The Morgan fingerprint density at radius 3 is 2.68 bits per heavy atom. The van der Waals surface area contributed by atoms with Crippen LogP contribution in [0.15, 0.2) is 24.3 Å². The van der Waals surface area contributed by atoms with Crippen LogP contribution in [-0.2, 0) is 17.8 Å². The highest BCUT2D eigenvalue weighted by Gasteiger charge is 2.35. The van der Waals surface area contributed by atoms with Gasteiger partial charge in [0.05, 0.1) is 6.04 Å². The summed E-state index contributed by atoms with van der Waals surface area (Å²) in [7, 11) is 1.95. The van der Waals surface area contributed by atoms with E-state index < -0.39 is 0 Å². The van der Waals surface area contributed by atoms with E-state index in [4.69, 9.17) is 0 Å². The quantitative estimate of drug-likeness (QED) is 0.899. The van der Waals surface area contributed by atoms with Gasteiger partial charge in [0, 0.05) is 19.6 Å². The lowest BCUT2D eigenvalue weighted by atomic mass is 9.95. The van der Waals surface area contributed by atoms with E-state index in [0.717, 1.165) is 18.9 Å². The molecule has 1 unspecified atom stereocenters. The minimum Gasteiger partial charge on any atom is -0.341 e. The van der Waals surface area contributed by atoms with Gasteiger partial charge in [0.1, 0.15) is 0 Å². The number of fused-ring (bicyclic) bond motifs is 1. The molecule has 0 radical (unpaired) electrons. The van der Waals surface area contributed by atoms with Crippen LogP contribution in [0.1, 0.15) is 30.9 Å². The Hall–Kier alpha value is -1.35. The van der Waals surface area contributed by atoms with Crippen molar-refractivity contribution in [3.8, 4) is 0 Å². The molecule has 1 aromatic carbocycles. The molecule has 3 nitrogen and oxygen atoms in total. The van der Waals surface area contributed by atoms with Gasteiger partial charge in [-0.2, -0.15) is 0 Å². The zero-order valence-corrected chi connectivity index (χ0v) is 11.7. The minimum atomic E-state index is -0.0545. The summed E-state index contributed by atoms with van der Waals surface area (Å²) in [6, 6.07) is 8.72. The maximum Gasteiger partial charge on any atom is 0.240 e. The fourth-order valence-electron chi connectivity index (χ4n) is 2.97. The van der Waals surface area contributed by atoms with Gasteiger partial charge < -0.3 is 10.2 Å². The number of hydrogen-bond donors (Lipinski definition) is 1. The largest absolute Gasteiger partial charge is 0.341 e. The molecule has 0 spiro atoms. The molecule has 1 saturated carbocycles. The molecule has 0 saturated heterocycles. The second-order valence-electron chi connectivity index (χ2n) is 5.93. The van der Waals surface area contributed by atoms with Crippen LogP contribution in [0, 0.1) is 5.92 Å². The van der Waals surface area contributed by atoms with Crippen LogP contribution in [0.5, 0.6) is 0 Å². The smallest absolute Gasteiger partial charge is 0.240 e.